The molecule has 3 heterocycles. The van der Waals surface area contributed by atoms with E-state index >= 15 is 0 Å². The number of fused-ring (bicyclic) bond motifs is 1. The molecular formula is C26H22FN5O. The van der Waals surface area contributed by atoms with Gasteiger partial charge in [-0.05, 0) is 59.5 Å². The summed E-state index contributed by atoms with van der Waals surface area (Å²) in [6.07, 6.45) is 6.00. The van der Waals surface area contributed by atoms with Crippen LogP contribution < -0.4 is 5.32 Å². The molecule has 0 saturated carbocycles. The van der Waals surface area contributed by atoms with Crippen molar-refractivity contribution in [3.05, 3.63) is 102 Å². The van der Waals surface area contributed by atoms with Gasteiger partial charge in [-0.25, -0.2) is 14.1 Å². The van der Waals surface area contributed by atoms with Gasteiger partial charge in [0.25, 0.3) is 0 Å². The first-order valence-electron chi connectivity index (χ1n) is 10.7. The minimum absolute atomic E-state index is 0.0720. The van der Waals surface area contributed by atoms with Crippen molar-refractivity contribution in [3.8, 4) is 17.1 Å². The van der Waals surface area contributed by atoms with Gasteiger partial charge in [-0.3, -0.25) is 4.79 Å². The van der Waals surface area contributed by atoms with E-state index in [2.05, 4.69) is 20.4 Å². The number of nitrogens with one attached hydrogen (secondary N) is 2. The van der Waals surface area contributed by atoms with Gasteiger partial charge in [0.2, 0.25) is 5.91 Å². The second kappa shape index (κ2) is 9.08. The minimum atomic E-state index is -0.294. The third-order valence-corrected chi connectivity index (χ3v) is 5.57. The Hall–Kier alpha value is -4.26. The molecule has 0 aliphatic heterocycles. The number of aromatic nitrogens is 4. The Morgan fingerprint density at radius 3 is 2.73 bits per heavy atom. The standard InChI is InChI=1S/C26H22FN5O/c27-20-7-9-23-22(16-20)21(26(31-23)19-5-2-1-3-6-19)8-10-25(33)29-17-18-11-13-28-24(15-18)32-14-4-12-30-32/h1-7,9,11-16,31H,8,10,17H2,(H,29,33). The van der Waals surface area contributed by atoms with E-state index in [1.807, 2.05) is 54.7 Å². The highest BCUT2D eigenvalue weighted by Crippen LogP contribution is 2.31. The maximum absolute atomic E-state index is 14.0. The second-order valence-corrected chi connectivity index (χ2v) is 7.78. The highest BCUT2D eigenvalue weighted by Gasteiger charge is 2.15. The molecule has 7 heteroatoms. The number of hydrogen-bond acceptors (Lipinski definition) is 3. The van der Waals surface area contributed by atoms with Crippen molar-refractivity contribution in [1.29, 1.82) is 0 Å². The van der Waals surface area contributed by atoms with E-state index in [0.29, 0.717) is 25.2 Å². The van der Waals surface area contributed by atoms with Gasteiger partial charge < -0.3 is 10.3 Å². The van der Waals surface area contributed by atoms with Crippen molar-refractivity contribution >= 4 is 16.8 Å². The Labute approximate surface area is 190 Å². The van der Waals surface area contributed by atoms with Crippen molar-refractivity contribution in [1.82, 2.24) is 25.1 Å². The summed E-state index contributed by atoms with van der Waals surface area (Å²) in [6.45, 7) is 0.393. The molecule has 0 bridgehead atoms. The van der Waals surface area contributed by atoms with Crippen LogP contribution in [-0.2, 0) is 17.8 Å². The molecule has 0 radical (unpaired) electrons. The van der Waals surface area contributed by atoms with Gasteiger partial charge in [-0.15, -0.1) is 0 Å². The Kier molecular flexibility index (Phi) is 5.68. The molecule has 0 unspecified atom stereocenters. The number of carbonyl (C=O) groups is 1. The lowest BCUT2D eigenvalue weighted by atomic mass is 10.0. The SMILES string of the molecule is O=C(CCc1c(-c2ccccc2)[nH]c2ccc(F)cc12)NCc1ccnc(-n2cccn2)c1. The fourth-order valence-corrected chi connectivity index (χ4v) is 3.96. The normalized spacial score (nSPS) is 11.1. The first-order valence-corrected chi connectivity index (χ1v) is 10.7. The number of pyridine rings is 1. The third kappa shape index (κ3) is 4.52. The molecule has 0 saturated heterocycles. The molecule has 0 aliphatic carbocycles. The van der Waals surface area contributed by atoms with Gasteiger partial charge in [0.15, 0.2) is 5.82 Å². The maximum atomic E-state index is 14.0. The quantitative estimate of drug-likeness (QED) is 0.382. The summed E-state index contributed by atoms with van der Waals surface area (Å²) in [5.74, 6) is 0.328. The topological polar surface area (TPSA) is 75.6 Å². The first kappa shape index (κ1) is 20.6. The Balaban J connectivity index is 1.30. The number of amides is 1. The molecule has 0 aliphatic rings. The van der Waals surface area contributed by atoms with Gasteiger partial charge in [-0.1, -0.05) is 30.3 Å². The number of halogens is 1. The lowest BCUT2D eigenvalue weighted by Gasteiger charge is -2.08. The van der Waals surface area contributed by atoms with Gasteiger partial charge in [0, 0.05) is 48.2 Å². The minimum Gasteiger partial charge on any atom is -0.354 e. The predicted octanol–water partition coefficient (Wildman–Crippen LogP) is 4.80. The average Bonchev–Trinajstić information content (AvgIpc) is 3.50. The highest BCUT2D eigenvalue weighted by atomic mass is 19.1. The Bertz CT molecular complexity index is 1390. The molecule has 2 aromatic carbocycles. The fraction of sp³-hybridized carbons (Fsp3) is 0.115. The lowest BCUT2D eigenvalue weighted by Crippen LogP contribution is -2.23. The molecule has 0 fully saturated rings. The van der Waals surface area contributed by atoms with E-state index in [1.54, 1.807) is 23.1 Å². The summed E-state index contributed by atoms with van der Waals surface area (Å²) in [7, 11) is 0. The molecule has 0 atom stereocenters. The fourth-order valence-electron chi connectivity index (χ4n) is 3.96. The summed E-state index contributed by atoms with van der Waals surface area (Å²) in [5.41, 5.74) is 4.65. The van der Waals surface area contributed by atoms with Gasteiger partial charge in [0.1, 0.15) is 5.82 Å². The smallest absolute Gasteiger partial charge is 0.220 e. The summed E-state index contributed by atoms with van der Waals surface area (Å²) < 4.78 is 15.6. The van der Waals surface area contributed by atoms with Crippen LogP contribution in [0.3, 0.4) is 0 Å². The number of aryl methyl sites for hydroxylation is 1. The number of hydrogen-bond donors (Lipinski definition) is 2. The highest BCUT2D eigenvalue weighted by molar-refractivity contribution is 5.91. The monoisotopic (exact) mass is 439 g/mol. The average molecular weight is 439 g/mol. The van der Waals surface area contributed by atoms with E-state index in [0.717, 1.165) is 33.3 Å². The van der Waals surface area contributed by atoms with Crippen molar-refractivity contribution < 1.29 is 9.18 Å². The van der Waals surface area contributed by atoms with E-state index in [-0.39, 0.29) is 11.7 Å². The molecular weight excluding hydrogens is 417 g/mol. The Morgan fingerprint density at radius 1 is 1.03 bits per heavy atom. The zero-order valence-electron chi connectivity index (χ0n) is 17.8. The number of H-pyrrole nitrogens is 1. The van der Waals surface area contributed by atoms with Gasteiger partial charge >= 0.3 is 0 Å². The number of rotatable bonds is 7. The van der Waals surface area contributed by atoms with Crippen LogP contribution in [0.15, 0.2) is 85.3 Å². The van der Waals surface area contributed by atoms with Crippen LogP contribution in [0.4, 0.5) is 4.39 Å². The molecule has 1 amide bonds. The summed E-state index contributed by atoms with van der Waals surface area (Å²) >= 11 is 0. The van der Waals surface area contributed by atoms with E-state index in [4.69, 9.17) is 0 Å². The number of aromatic amines is 1. The van der Waals surface area contributed by atoms with Gasteiger partial charge in [0.05, 0.1) is 0 Å². The van der Waals surface area contributed by atoms with Crippen LogP contribution >= 0.6 is 0 Å². The molecule has 33 heavy (non-hydrogen) atoms. The maximum Gasteiger partial charge on any atom is 0.220 e. The van der Waals surface area contributed by atoms with Gasteiger partial charge in [-0.2, -0.15) is 5.10 Å². The first-order chi connectivity index (χ1) is 16.2. The van der Waals surface area contributed by atoms with Crippen LogP contribution in [0.2, 0.25) is 0 Å². The summed E-state index contributed by atoms with van der Waals surface area (Å²) in [5, 5.41) is 7.96. The largest absolute Gasteiger partial charge is 0.354 e. The zero-order valence-corrected chi connectivity index (χ0v) is 17.8. The van der Waals surface area contributed by atoms with Crippen LogP contribution in [0, 0.1) is 5.82 Å². The number of nitrogens with zero attached hydrogens (tertiary/aromatic N) is 3. The van der Waals surface area contributed by atoms with E-state index in [9.17, 15) is 9.18 Å². The van der Waals surface area contributed by atoms with Crippen LogP contribution in [0.1, 0.15) is 17.5 Å². The van der Waals surface area contributed by atoms with Crippen molar-refractivity contribution in [2.45, 2.75) is 19.4 Å². The third-order valence-electron chi connectivity index (χ3n) is 5.57. The number of carbonyl (C=O) groups excluding carboxylic acids is 1. The summed E-state index contributed by atoms with van der Waals surface area (Å²) in [6, 6.07) is 20.2. The molecule has 5 rings (SSSR count). The zero-order chi connectivity index (χ0) is 22.6. The molecule has 0 spiro atoms. The van der Waals surface area contributed by atoms with E-state index in [1.165, 1.54) is 12.1 Å². The number of benzene rings is 2. The van der Waals surface area contributed by atoms with E-state index < -0.39 is 0 Å². The second-order valence-electron chi connectivity index (χ2n) is 7.78. The molecule has 2 N–H and O–H groups in total. The van der Waals surface area contributed by atoms with Crippen molar-refractivity contribution in [2.75, 3.05) is 0 Å². The van der Waals surface area contributed by atoms with Crippen LogP contribution in [-0.4, -0.2) is 25.7 Å². The predicted molar refractivity (Wildman–Crippen MR) is 125 cm³/mol. The molecule has 3 aromatic heterocycles. The molecule has 164 valence electrons. The lowest BCUT2D eigenvalue weighted by molar-refractivity contribution is -0.121. The van der Waals surface area contributed by atoms with Crippen LogP contribution in [0.5, 0.6) is 0 Å². The Morgan fingerprint density at radius 2 is 1.91 bits per heavy atom. The van der Waals surface area contributed by atoms with Crippen molar-refractivity contribution in [3.63, 3.8) is 0 Å². The van der Waals surface area contributed by atoms with Crippen LogP contribution in [0.25, 0.3) is 28.0 Å². The summed E-state index contributed by atoms with van der Waals surface area (Å²) in [4.78, 5) is 20.3. The van der Waals surface area contributed by atoms with Crippen molar-refractivity contribution in [2.24, 2.45) is 0 Å². The molecule has 5 aromatic rings. The molecule has 6 nitrogen and oxygen atoms in total.